The maximum atomic E-state index is 13.0. The lowest BCUT2D eigenvalue weighted by Gasteiger charge is -2.16. The summed E-state index contributed by atoms with van der Waals surface area (Å²) in [6.07, 6.45) is 1.48. The first-order chi connectivity index (χ1) is 11.5. The van der Waals surface area contributed by atoms with Gasteiger partial charge in [0, 0.05) is 25.2 Å². The van der Waals surface area contributed by atoms with E-state index in [-0.39, 0.29) is 22.4 Å². The van der Waals surface area contributed by atoms with Crippen molar-refractivity contribution in [3.63, 3.8) is 0 Å². The van der Waals surface area contributed by atoms with Gasteiger partial charge in [0.2, 0.25) is 5.91 Å². The van der Waals surface area contributed by atoms with Crippen LogP contribution in [-0.4, -0.2) is 18.4 Å². The lowest BCUT2D eigenvalue weighted by molar-refractivity contribution is -0.117. The van der Waals surface area contributed by atoms with Gasteiger partial charge in [-0.05, 0) is 42.3 Å². The summed E-state index contributed by atoms with van der Waals surface area (Å²) >= 11 is 5.87. The van der Waals surface area contributed by atoms with Gasteiger partial charge in [-0.15, -0.1) is 0 Å². The normalized spacial score (nSPS) is 14.1. The number of halogens is 2. The van der Waals surface area contributed by atoms with E-state index >= 15 is 0 Å². The Kier molecular flexibility index (Phi) is 4.81. The first-order valence-corrected chi connectivity index (χ1v) is 8.05. The van der Waals surface area contributed by atoms with Gasteiger partial charge in [0.15, 0.2) is 0 Å². The van der Waals surface area contributed by atoms with Gasteiger partial charge in [-0.25, -0.2) is 4.39 Å². The van der Waals surface area contributed by atoms with Crippen molar-refractivity contribution >= 4 is 29.1 Å². The molecular formula is C18H16ClFN2O2. The fourth-order valence-corrected chi connectivity index (χ4v) is 2.92. The predicted molar refractivity (Wildman–Crippen MR) is 90.6 cm³/mol. The first-order valence-electron chi connectivity index (χ1n) is 7.67. The van der Waals surface area contributed by atoms with Crippen molar-refractivity contribution in [2.75, 3.05) is 11.4 Å². The Morgan fingerprint density at radius 1 is 1.21 bits per heavy atom. The largest absolute Gasteiger partial charge is 0.348 e. The number of carbonyl (C=O) groups excluding carboxylic acids is 2. The van der Waals surface area contributed by atoms with E-state index in [9.17, 15) is 14.0 Å². The monoisotopic (exact) mass is 346 g/mol. The number of anilines is 1. The Morgan fingerprint density at radius 2 is 1.96 bits per heavy atom. The van der Waals surface area contributed by atoms with E-state index in [1.807, 2.05) is 24.3 Å². The molecular weight excluding hydrogens is 331 g/mol. The fourth-order valence-electron chi connectivity index (χ4n) is 2.67. The Balaban J connectivity index is 1.62. The van der Waals surface area contributed by atoms with Gasteiger partial charge in [0.1, 0.15) is 5.82 Å². The third-order valence-electron chi connectivity index (χ3n) is 3.95. The summed E-state index contributed by atoms with van der Waals surface area (Å²) in [5.41, 5.74) is 2.00. The van der Waals surface area contributed by atoms with Gasteiger partial charge in [-0.3, -0.25) is 9.59 Å². The zero-order chi connectivity index (χ0) is 17.1. The van der Waals surface area contributed by atoms with Crippen molar-refractivity contribution in [2.45, 2.75) is 19.4 Å². The van der Waals surface area contributed by atoms with Gasteiger partial charge in [-0.1, -0.05) is 23.7 Å². The van der Waals surface area contributed by atoms with E-state index < -0.39 is 5.82 Å². The first kappa shape index (κ1) is 16.5. The highest BCUT2D eigenvalue weighted by molar-refractivity contribution is 6.33. The maximum Gasteiger partial charge on any atom is 0.253 e. The van der Waals surface area contributed by atoms with Crippen LogP contribution in [0, 0.1) is 5.82 Å². The van der Waals surface area contributed by atoms with Crippen LogP contribution in [0.4, 0.5) is 10.1 Å². The van der Waals surface area contributed by atoms with Crippen molar-refractivity contribution in [3.8, 4) is 0 Å². The molecule has 1 heterocycles. The summed E-state index contributed by atoms with van der Waals surface area (Å²) in [6, 6.07) is 11.1. The van der Waals surface area contributed by atoms with Gasteiger partial charge in [-0.2, -0.15) is 0 Å². The number of hydrogen-bond donors (Lipinski definition) is 1. The number of nitrogens with zero attached hydrogens (tertiary/aromatic N) is 1. The average molecular weight is 347 g/mol. The van der Waals surface area contributed by atoms with E-state index in [4.69, 9.17) is 11.6 Å². The molecule has 2 aromatic rings. The number of hydrogen-bond acceptors (Lipinski definition) is 2. The molecule has 0 aromatic heterocycles. The van der Waals surface area contributed by atoms with Crippen LogP contribution in [0.2, 0.25) is 5.02 Å². The lowest BCUT2D eigenvalue weighted by Crippen LogP contribution is -2.24. The zero-order valence-corrected chi connectivity index (χ0v) is 13.6. The number of rotatable bonds is 4. The van der Waals surface area contributed by atoms with E-state index in [1.54, 1.807) is 4.90 Å². The molecule has 0 radical (unpaired) electrons. The van der Waals surface area contributed by atoms with Crippen LogP contribution in [-0.2, 0) is 11.3 Å². The fraction of sp³-hybridized carbons (Fsp3) is 0.222. The van der Waals surface area contributed by atoms with E-state index in [2.05, 4.69) is 5.32 Å². The quantitative estimate of drug-likeness (QED) is 0.920. The van der Waals surface area contributed by atoms with Crippen LogP contribution in [0.3, 0.4) is 0 Å². The van der Waals surface area contributed by atoms with Gasteiger partial charge in [0.05, 0.1) is 10.6 Å². The third kappa shape index (κ3) is 3.57. The molecule has 1 aliphatic rings. The molecule has 1 aliphatic heterocycles. The van der Waals surface area contributed by atoms with Crippen molar-refractivity contribution in [2.24, 2.45) is 0 Å². The minimum Gasteiger partial charge on any atom is -0.348 e. The molecule has 0 unspecified atom stereocenters. The number of carbonyl (C=O) groups is 2. The van der Waals surface area contributed by atoms with Gasteiger partial charge >= 0.3 is 0 Å². The zero-order valence-electron chi connectivity index (χ0n) is 12.9. The lowest BCUT2D eigenvalue weighted by atomic mass is 10.1. The smallest absolute Gasteiger partial charge is 0.253 e. The molecule has 1 fully saturated rings. The van der Waals surface area contributed by atoms with Crippen molar-refractivity contribution < 1.29 is 14.0 Å². The highest BCUT2D eigenvalue weighted by atomic mass is 35.5. The minimum absolute atomic E-state index is 0.0791. The minimum atomic E-state index is -0.483. The van der Waals surface area contributed by atoms with Crippen molar-refractivity contribution in [1.29, 1.82) is 0 Å². The summed E-state index contributed by atoms with van der Waals surface area (Å²) in [6.45, 7) is 1.07. The Bertz CT molecular complexity index is 777. The van der Waals surface area contributed by atoms with Crippen molar-refractivity contribution in [3.05, 3.63) is 64.4 Å². The summed E-state index contributed by atoms with van der Waals surface area (Å²) in [4.78, 5) is 25.6. The molecule has 124 valence electrons. The van der Waals surface area contributed by atoms with Gasteiger partial charge < -0.3 is 10.2 Å². The molecule has 4 nitrogen and oxygen atoms in total. The van der Waals surface area contributed by atoms with Gasteiger partial charge in [0.25, 0.3) is 5.91 Å². The molecule has 0 saturated carbocycles. The molecule has 1 N–H and O–H groups in total. The second kappa shape index (κ2) is 7.01. The summed E-state index contributed by atoms with van der Waals surface area (Å²) in [5.74, 6) is -0.704. The summed E-state index contributed by atoms with van der Waals surface area (Å²) in [7, 11) is 0. The van der Waals surface area contributed by atoms with Crippen molar-refractivity contribution in [1.82, 2.24) is 5.32 Å². The highest BCUT2D eigenvalue weighted by Crippen LogP contribution is 2.22. The van der Waals surface area contributed by atoms with E-state index in [0.29, 0.717) is 13.0 Å². The van der Waals surface area contributed by atoms with E-state index in [0.717, 1.165) is 30.3 Å². The molecule has 0 atom stereocenters. The van der Waals surface area contributed by atoms with Crippen LogP contribution in [0.1, 0.15) is 28.8 Å². The molecule has 3 rings (SSSR count). The molecule has 2 amide bonds. The molecule has 0 aliphatic carbocycles. The SMILES string of the molecule is O=C(NCc1ccc(N2CCCC2=O)cc1)c1ccc(F)cc1Cl. The Hall–Kier alpha value is -2.40. The van der Waals surface area contributed by atoms with Crippen LogP contribution in [0.5, 0.6) is 0 Å². The second-order valence-electron chi connectivity index (χ2n) is 5.62. The van der Waals surface area contributed by atoms with E-state index in [1.165, 1.54) is 12.1 Å². The molecule has 6 heteroatoms. The van der Waals surface area contributed by atoms with Crippen LogP contribution < -0.4 is 10.2 Å². The summed E-state index contributed by atoms with van der Waals surface area (Å²) in [5, 5.41) is 2.83. The summed E-state index contributed by atoms with van der Waals surface area (Å²) < 4.78 is 13.0. The predicted octanol–water partition coefficient (Wildman–Crippen LogP) is 3.54. The average Bonchev–Trinajstić information content (AvgIpc) is 2.99. The topological polar surface area (TPSA) is 49.4 Å². The molecule has 24 heavy (non-hydrogen) atoms. The standard InChI is InChI=1S/C18H16ClFN2O2/c19-16-10-13(20)5-8-15(16)18(24)21-11-12-3-6-14(7-4-12)22-9-1-2-17(22)23/h3-8,10H,1-2,9,11H2,(H,21,24). The van der Waals surface area contributed by atoms with Crippen LogP contribution >= 0.6 is 11.6 Å². The molecule has 1 saturated heterocycles. The number of amides is 2. The third-order valence-corrected chi connectivity index (χ3v) is 4.26. The maximum absolute atomic E-state index is 13.0. The Labute approximate surface area is 144 Å². The number of nitrogens with one attached hydrogen (secondary N) is 1. The van der Waals surface area contributed by atoms with Crippen LogP contribution in [0.25, 0.3) is 0 Å². The Morgan fingerprint density at radius 3 is 2.58 bits per heavy atom. The second-order valence-corrected chi connectivity index (χ2v) is 6.03. The molecule has 0 bridgehead atoms. The van der Waals surface area contributed by atoms with Crippen LogP contribution in [0.15, 0.2) is 42.5 Å². The molecule has 2 aromatic carbocycles. The molecule has 0 spiro atoms. The number of benzene rings is 2. The highest BCUT2D eigenvalue weighted by Gasteiger charge is 2.21.